The van der Waals surface area contributed by atoms with Crippen molar-refractivity contribution in [1.29, 1.82) is 0 Å². The Kier molecular flexibility index (Phi) is 4.70. The number of carboxylic acid groups (broad SMARTS) is 1. The van der Waals surface area contributed by atoms with Crippen LogP contribution in [0.2, 0.25) is 0 Å². The molecule has 0 spiro atoms. The highest BCUT2D eigenvalue weighted by Gasteiger charge is 2.28. The van der Waals surface area contributed by atoms with Crippen LogP contribution in [0.25, 0.3) is 0 Å². The van der Waals surface area contributed by atoms with Crippen LogP contribution >= 0.6 is 0 Å². The molecule has 1 aliphatic rings. The van der Waals surface area contributed by atoms with E-state index in [-0.39, 0.29) is 11.6 Å². The third-order valence-corrected chi connectivity index (χ3v) is 4.02. The highest BCUT2D eigenvalue weighted by molar-refractivity contribution is 5.75. The van der Waals surface area contributed by atoms with Crippen LogP contribution in [0.15, 0.2) is 18.2 Å². The molecule has 0 amide bonds. The molecule has 1 saturated carbocycles. The molecule has 3 nitrogen and oxygen atoms in total. The van der Waals surface area contributed by atoms with Gasteiger partial charge in [0, 0.05) is 6.04 Å². The van der Waals surface area contributed by atoms with Gasteiger partial charge in [-0.2, -0.15) is 0 Å². The lowest BCUT2D eigenvalue weighted by Gasteiger charge is -2.32. The topological polar surface area (TPSA) is 49.3 Å². The third kappa shape index (κ3) is 3.33. The van der Waals surface area contributed by atoms with Crippen molar-refractivity contribution in [1.82, 2.24) is 5.32 Å². The number of carbonyl (C=O) groups is 1. The van der Waals surface area contributed by atoms with Gasteiger partial charge in [0.15, 0.2) is 11.6 Å². The molecule has 0 heterocycles. The van der Waals surface area contributed by atoms with E-state index in [1.807, 2.05) is 0 Å². The molecule has 3 atom stereocenters. The predicted octanol–water partition coefficient (Wildman–Crippen LogP) is 3.26. The molecule has 0 radical (unpaired) electrons. The molecular weight excluding hydrogens is 264 g/mol. The lowest BCUT2D eigenvalue weighted by atomic mass is 9.85. The van der Waals surface area contributed by atoms with Crippen molar-refractivity contribution in [2.24, 2.45) is 5.92 Å². The van der Waals surface area contributed by atoms with Crippen molar-refractivity contribution in [3.05, 3.63) is 35.4 Å². The normalized spacial score (nSPS) is 24.4. The van der Waals surface area contributed by atoms with E-state index >= 15 is 0 Å². The number of nitrogens with one attached hydrogen (secondary N) is 1. The van der Waals surface area contributed by atoms with Crippen molar-refractivity contribution < 1.29 is 18.7 Å². The molecule has 1 aromatic rings. The zero-order valence-electron chi connectivity index (χ0n) is 11.4. The summed E-state index contributed by atoms with van der Waals surface area (Å²) in [5, 5.41) is 12.4. The minimum Gasteiger partial charge on any atom is -0.480 e. The van der Waals surface area contributed by atoms with Crippen molar-refractivity contribution in [3.8, 4) is 0 Å². The van der Waals surface area contributed by atoms with Crippen molar-refractivity contribution in [3.63, 3.8) is 0 Å². The fourth-order valence-corrected chi connectivity index (χ4v) is 2.78. The Morgan fingerprint density at radius 1 is 1.30 bits per heavy atom. The number of hydrogen-bond acceptors (Lipinski definition) is 2. The highest BCUT2D eigenvalue weighted by Crippen LogP contribution is 2.27. The zero-order chi connectivity index (χ0) is 14.7. The van der Waals surface area contributed by atoms with Gasteiger partial charge in [-0.05, 0) is 36.5 Å². The number of benzene rings is 1. The summed E-state index contributed by atoms with van der Waals surface area (Å²) in [4.78, 5) is 11.4. The molecule has 1 fully saturated rings. The van der Waals surface area contributed by atoms with Crippen LogP contribution in [0, 0.1) is 17.6 Å². The Bertz CT molecular complexity index is 493. The van der Waals surface area contributed by atoms with Gasteiger partial charge in [-0.1, -0.05) is 25.8 Å². The van der Waals surface area contributed by atoms with Gasteiger partial charge in [0.2, 0.25) is 0 Å². The average Bonchev–Trinajstić information content (AvgIpc) is 2.41. The van der Waals surface area contributed by atoms with Crippen LogP contribution in [-0.2, 0) is 4.79 Å². The average molecular weight is 283 g/mol. The smallest absolute Gasteiger partial charge is 0.325 e. The SMILES string of the molecule is CC1CCCCC1NC(C(=O)O)c1ccc(F)c(F)c1. The van der Waals surface area contributed by atoms with E-state index < -0.39 is 23.6 Å². The third-order valence-electron chi connectivity index (χ3n) is 4.02. The predicted molar refractivity (Wildman–Crippen MR) is 71.3 cm³/mol. The first-order chi connectivity index (χ1) is 9.49. The maximum atomic E-state index is 13.3. The maximum Gasteiger partial charge on any atom is 0.325 e. The first-order valence-electron chi connectivity index (χ1n) is 6.93. The lowest BCUT2D eigenvalue weighted by Crippen LogP contribution is -2.42. The number of carboxylic acids is 1. The van der Waals surface area contributed by atoms with E-state index in [1.165, 1.54) is 6.07 Å². The van der Waals surface area contributed by atoms with E-state index in [0.29, 0.717) is 5.92 Å². The monoisotopic (exact) mass is 283 g/mol. The van der Waals surface area contributed by atoms with Crippen LogP contribution in [0.4, 0.5) is 8.78 Å². The van der Waals surface area contributed by atoms with Crippen LogP contribution in [0.5, 0.6) is 0 Å². The van der Waals surface area contributed by atoms with Crippen molar-refractivity contribution in [2.45, 2.75) is 44.7 Å². The molecule has 3 unspecified atom stereocenters. The van der Waals surface area contributed by atoms with Gasteiger partial charge >= 0.3 is 5.97 Å². The van der Waals surface area contributed by atoms with Gasteiger partial charge in [-0.15, -0.1) is 0 Å². The van der Waals surface area contributed by atoms with E-state index in [1.54, 1.807) is 0 Å². The summed E-state index contributed by atoms with van der Waals surface area (Å²) in [5.41, 5.74) is 0.245. The molecule has 0 saturated heterocycles. The molecule has 0 aliphatic heterocycles. The van der Waals surface area contributed by atoms with Gasteiger partial charge in [0.1, 0.15) is 6.04 Å². The molecule has 1 aromatic carbocycles. The minimum atomic E-state index is -1.08. The summed E-state index contributed by atoms with van der Waals surface area (Å²) in [6.45, 7) is 2.08. The zero-order valence-corrected chi connectivity index (χ0v) is 11.4. The number of rotatable bonds is 4. The van der Waals surface area contributed by atoms with E-state index in [2.05, 4.69) is 12.2 Å². The molecule has 1 aliphatic carbocycles. The van der Waals surface area contributed by atoms with Gasteiger partial charge in [0.05, 0.1) is 0 Å². The lowest BCUT2D eigenvalue weighted by molar-refractivity contribution is -0.140. The molecule has 2 rings (SSSR count). The molecule has 5 heteroatoms. The molecule has 2 N–H and O–H groups in total. The second kappa shape index (κ2) is 6.31. The molecule has 0 bridgehead atoms. The quantitative estimate of drug-likeness (QED) is 0.891. The second-order valence-corrected chi connectivity index (χ2v) is 5.48. The molecule has 20 heavy (non-hydrogen) atoms. The van der Waals surface area contributed by atoms with Crippen LogP contribution in [0.3, 0.4) is 0 Å². The van der Waals surface area contributed by atoms with Gasteiger partial charge in [-0.3, -0.25) is 10.1 Å². The van der Waals surface area contributed by atoms with Gasteiger partial charge in [0.25, 0.3) is 0 Å². The first kappa shape index (κ1) is 14.9. The Morgan fingerprint density at radius 3 is 2.60 bits per heavy atom. The summed E-state index contributed by atoms with van der Waals surface area (Å²) in [6.07, 6.45) is 4.19. The fourth-order valence-electron chi connectivity index (χ4n) is 2.78. The van der Waals surface area contributed by atoms with Crippen molar-refractivity contribution >= 4 is 5.97 Å². The van der Waals surface area contributed by atoms with Crippen molar-refractivity contribution in [2.75, 3.05) is 0 Å². The molecular formula is C15H19F2NO2. The fraction of sp³-hybridized carbons (Fsp3) is 0.533. The van der Waals surface area contributed by atoms with Gasteiger partial charge in [-0.25, -0.2) is 8.78 Å². The largest absolute Gasteiger partial charge is 0.480 e. The van der Waals surface area contributed by atoms with Crippen LogP contribution in [-0.4, -0.2) is 17.1 Å². The molecule has 0 aromatic heterocycles. The van der Waals surface area contributed by atoms with E-state index in [4.69, 9.17) is 0 Å². The summed E-state index contributed by atoms with van der Waals surface area (Å²) in [7, 11) is 0. The Morgan fingerprint density at radius 2 is 2.00 bits per heavy atom. The van der Waals surface area contributed by atoms with Crippen LogP contribution in [0.1, 0.15) is 44.2 Å². The Hall–Kier alpha value is -1.49. The maximum absolute atomic E-state index is 13.3. The number of aliphatic carboxylic acids is 1. The summed E-state index contributed by atoms with van der Waals surface area (Å²) in [5.74, 6) is -2.68. The molecule has 110 valence electrons. The second-order valence-electron chi connectivity index (χ2n) is 5.48. The van der Waals surface area contributed by atoms with E-state index in [0.717, 1.165) is 37.8 Å². The Balaban J connectivity index is 2.18. The highest BCUT2D eigenvalue weighted by atomic mass is 19.2. The van der Waals surface area contributed by atoms with Gasteiger partial charge < -0.3 is 5.11 Å². The summed E-state index contributed by atoms with van der Waals surface area (Å²) < 4.78 is 26.2. The number of halogens is 2. The number of hydrogen-bond donors (Lipinski definition) is 2. The first-order valence-corrected chi connectivity index (χ1v) is 6.93. The standard InChI is InChI=1S/C15H19F2NO2/c1-9-4-2-3-5-13(9)18-14(15(19)20)10-6-7-11(16)12(17)8-10/h6-9,13-14,18H,2-5H2,1H3,(H,19,20). The summed E-state index contributed by atoms with van der Waals surface area (Å²) in [6, 6.07) is 2.33. The van der Waals surface area contributed by atoms with E-state index in [9.17, 15) is 18.7 Å². The minimum absolute atomic E-state index is 0.0953. The van der Waals surface area contributed by atoms with Crippen LogP contribution < -0.4 is 5.32 Å². The Labute approximate surface area is 117 Å². The summed E-state index contributed by atoms with van der Waals surface area (Å²) >= 11 is 0.